The lowest BCUT2D eigenvalue weighted by atomic mass is 10.0. The van der Waals surface area contributed by atoms with Crippen molar-refractivity contribution in [2.24, 2.45) is 0 Å². The van der Waals surface area contributed by atoms with E-state index in [-0.39, 0.29) is 0 Å². The van der Waals surface area contributed by atoms with E-state index in [2.05, 4.69) is 15.3 Å². The van der Waals surface area contributed by atoms with E-state index in [4.69, 9.17) is 5.73 Å². The zero-order valence-electron chi connectivity index (χ0n) is 10.9. The number of anilines is 2. The molecule has 0 aliphatic heterocycles. The molecule has 0 unspecified atom stereocenters. The van der Waals surface area contributed by atoms with Crippen LogP contribution in [0.4, 0.5) is 11.6 Å². The van der Waals surface area contributed by atoms with E-state index in [1.165, 1.54) is 0 Å². The second-order valence-electron chi connectivity index (χ2n) is 5.09. The summed E-state index contributed by atoms with van der Waals surface area (Å²) in [5.41, 5.74) is 5.28. The smallest absolute Gasteiger partial charge is 0.136 e. The van der Waals surface area contributed by atoms with Gasteiger partial charge >= 0.3 is 0 Å². The Labute approximate surface area is 111 Å². The number of nitrogens with two attached hydrogens (primary N) is 1. The van der Waals surface area contributed by atoms with E-state index in [9.17, 15) is 15.3 Å². The van der Waals surface area contributed by atoms with Gasteiger partial charge in [0.1, 0.15) is 23.0 Å². The molecule has 7 heteroatoms. The summed E-state index contributed by atoms with van der Waals surface area (Å²) >= 11 is 0. The molecule has 0 bridgehead atoms. The van der Waals surface area contributed by atoms with Crippen molar-refractivity contribution in [3.8, 4) is 0 Å². The molecule has 19 heavy (non-hydrogen) atoms. The number of hydrogen-bond acceptors (Lipinski definition) is 7. The summed E-state index contributed by atoms with van der Waals surface area (Å²) in [7, 11) is 0. The van der Waals surface area contributed by atoms with Crippen LogP contribution in [0.15, 0.2) is 0 Å². The molecule has 0 spiro atoms. The van der Waals surface area contributed by atoms with Crippen LogP contribution >= 0.6 is 0 Å². The first-order chi connectivity index (χ1) is 9.05. The third-order valence-electron chi connectivity index (χ3n) is 3.43. The molecule has 1 aliphatic carbocycles. The number of hydrogen-bond donors (Lipinski definition) is 5. The summed E-state index contributed by atoms with van der Waals surface area (Å²) in [5, 5.41) is 30.9. The molecular weight excluding hydrogens is 248 g/mol. The van der Waals surface area contributed by atoms with Gasteiger partial charge in [-0.15, -0.1) is 0 Å². The average molecular weight is 268 g/mol. The number of nitrogens with one attached hydrogen (secondary N) is 1. The number of rotatable bonds is 6. The molecule has 1 saturated carbocycles. The normalized spacial score (nSPS) is 15.6. The Bertz CT molecular complexity index is 450. The molecule has 6 N–H and O–H groups in total. The standard InChI is InChI=1S/C12H20N4O3/c1-7-9(13)14-11(8-2-3-8)15-10(7)16-12(4-17,5-18)6-19/h8,17-19H,2-6H2,1H3,(H3,13,14,15,16). The molecule has 1 aromatic heterocycles. The minimum Gasteiger partial charge on any atom is -0.394 e. The van der Waals surface area contributed by atoms with Crippen LogP contribution in [0, 0.1) is 6.92 Å². The monoisotopic (exact) mass is 268 g/mol. The third kappa shape index (κ3) is 2.78. The van der Waals surface area contributed by atoms with E-state index in [1.54, 1.807) is 6.92 Å². The van der Waals surface area contributed by atoms with Gasteiger partial charge in [0.2, 0.25) is 0 Å². The van der Waals surface area contributed by atoms with Crippen molar-refractivity contribution in [1.29, 1.82) is 0 Å². The Hall–Kier alpha value is -1.44. The Morgan fingerprint density at radius 2 is 1.79 bits per heavy atom. The van der Waals surface area contributed by atoms with Crippen molar-refractivity contribution >= 4 is 11.6 Å². The van der Waals surface area contributed by atoms with Crippen LogP contribution in [-0.4, -0.2) is 50.6 Å². The fraction of sp³-hybridized carbons (Fsp3) is 0.667. The third-order valence-corrected chi connectivity index (χ3v) is 3.43. The lowest BCUT2D eigenvalue weighted by molar-refractivity contribution is 0.0830. The second kappa shape index (κ2) is 5.28. The summed E-state index contributed by atoms with van der Waals surface area (Å²) in [5.74, 6) is 1.84. The molecule has 0 amide bonds. The Balaban J connectivity index is 2.32. The van der Waals surface area contributed by atoms with Crippen molar-refractivity contribution in [3.63, 3.8) is 0 Å². The van der Waals surface area contributed by atoms with E-state index >= 15 is 0 Å². The van der Waals surface area contributed by atoms with Gasteiger partial charge in [-0.3, -0.25) is 0 Å². The first-order valence-corrected chi connectivity index (χ1v) is 6.30. The molecule has 106 valence electrons. The van der Waals surface area contributed by atoms with E-state index < -0.39 is 25.4 Å². The van der Waals surface area contributed by atoms with Gasteiger partial charge < -0.3 is 26.4 Å². The van der Waals surface area contributed by atoms with Gasteiger partial charge in [-0.2, -0.15) is 0 Å². The van der Waals surface area contributed by atoms with Crippen molar-refractivity contribution in [2.75, 3.05) is 30.9 Å². The van der Waals surface area contributed by atoms with Crippen molar-refractivity contribution in [1.82, 2.24) is 9.97 Å². The van der Waals surface area contributed by atoms with Crippen molar-refractivity contribution in [2.45, 2.75) is 31.2 Å². The van der Waals surface area contributed by atoms with Crippen LogP contribution in [0.3, 0.4) is 0 Å². The molecule has 0 aromatic carbocycles. The Kier molecular flexibility index (Phi) is 3.88. The quantitative estimate of drug-likeness (QED) is 0.465. The molecule has 0 radical (unpaired) electrons. The van der Waals surface area contributed by atoms with Crippen LogP contribution in [0.1, 0.15) is 30.1 Å². The topological polar surface area (TPSA) is 125 Å². The van der Waals surface area contributed by atoms with E-state index in [1.807, 2.05) is 0 Å². The Morgan fingerprint density at radius 3 is 2.26 bits per heavy atom. The first-order valence-electron chi connectivity index (χ1n) is 6.30. The molecular formula is C12H20N4O3. The van der Waals surface area contributed by atoms with Gasteiger partial charge in [0.25, 0.3) is 0 Å². The number of aromatic nitrogens is 2. The van der Waals surface area contributed by atoms with E-state index in [0.29, 0.717) is 28.9 Å². The summed E-state index contributed by atoms with van der Waals surface area (Å²) < 4.78 is 0. The predicted molar refractivity (Wildman–Crippen MR) is 70.8 cm³/mol. The minimum atomic E-state index is -1.22. The van der Waals surface area contributed by atoms with Crippen LogP contribution in [0.5, 0.6) is 0 Å². The first kappa shape index (κ1) is 14.0. The lowest BCUT2D eigenvalue weighted by Gasteiger charge is -2.30. The zero-order valence-corrected chi connectivity index (χ0v) is 10.9. The largest absolute Gasteiger partial charge is 0.394 e. The minimum absolute atomic E-state index is 0.343. The summed E-state index contributed by atoms with van der Waals surface area (Å²) in [6, 6.07) is 0. The molecule has 0 saturated heterocycles. The number of nitrogen functional groups attached to an aromatic ring is 1. The highest BCUT2D eigenvalue weighted by Crippen LogP contribution is 2.39. The highest BCUT2D eigenvalue weighted by atomic mass is 16.3. The molecule has 2 rings (SSSR count). The van der Waals surface area contributed by atoms with Gasteiger partial charge in [-0.1, -0.05) is 0 Å². The fourth-order valence-corrected chi connectivity index (χ4v) is 1.72. The predicted octanol–water partition coefficient (Wildman–Crippen LogP) is -0.628. The zero-order chi connectivity index (χ0) is 14.0. The lowest BCUT2D eigenvalue weighted by Crippen LogP contribution is -2.49. The van der Waals surface area contributed by atoms with Crippen LogP contribution in [0.2, 0.25) is 0 Å². The van der Waals surface area contributed by atoms with Crippen LogP contribution in [-0.2, 0) is 0 Å². The maximum atomic E-state index is 9.33. The molecule has 1 heterocycles. The number of aliphatic hydroxyl groups excluding tert-OH is 3. The summed E-state index contributed by atoms with van der Waals surface area (Å²) in [4.78, 5) is 8.63. The highest BCUT2D eigenvalue weighted by Gasteiger charge is 2.31. The molecule has 1 aliphatic rings. The molecule has 7 nitrogen and oxygen atoms in total. The number of aliphatic hydroxyl groups is 3. The second-order valence-corrected chi connectivity index (χ2v) is 5.09. The summed E-state index contributed by atoms with van der Waals surface area (Å²) in [6.07, 6.45) is 2.10. The van der Waals surface area contributed by atoms with Crippen molar-refractivity contribution in [3.05, 3.63) is 11.4 Å². The van der Waals surface area contributed by atoms with Crippen molar-refractivity contribution < 1.29 is 15.3 Å². The number of nitrogens with zero attached hydrogens (tertiary/aromatic N) is 2. The van der Waals surface area contributed by atoms with Gasteiger partial charge in [0.15, 0.2) is 0 Å². The molecule has 1 fully saturated rings. The maximum Gasteiger partial charge on any atom is 0.136 e. The van der Waals surface area contributed by atoms with Gasteiger partial charge in [-0.05, 0) is 19.8 Å². The molecule has 1 aromatic rings. The average Bonchev–Trinajstić information content (AvgIpc) is 3.25. The highest BCUT2D eigenvalue weighted by molar-refractivity contribution is 5.56. The van der Waals surface area contributed by atoms with Crippen LogP contribution in [0.25, 0.3) is 0 Å². The van der Waals surface area contributed by atoms with Crippen LogP contribution < -0.4 is 11.1 Å². The summed E-state index contributed by atoms with van der Waals surface area (Å²) in [6.45, 7) is 0.511. The SMILES string of the molecule is Cc1c(N)nc(C2CC2)nc1NC(CO)(CO)CO. The fourth-order valence-electron chi connectivity index (χ4n) is 1.72. The van der Waals surface area contributed by atoms with Gasteiger partial charge in [-0.25, -0.2) is 9.97 Å². The maximum absolute atomic E-state index is 9.33. The van der Waals surface area contributed by atoms with Gasteiger partial charge in [0, 0.05) is 11.5 Å². The Morgan fingerprint density at radius 1 is 1.21 bits per heavy atom. The van der Waals surface area contributed by atoms with E-state index in [0.717, 1.165) is 12.8 Å². The van der Waals surface area contributed by atoms with Gasteiger partial charge in [0.05, 0.1) is 19.8 Å². The molecule has 0 atom stereocenters.